The summed E-state index contributed by atoms with van der Waals surface area (Å²) in [6.45, 7) is 3.97. The lowest BCUT2D eigenvalue weighted by atomic mass is 9.95. The van der Waals surface area contributed by atoms with Crippen molar-refractivity contribution in [1.82, 2.24) is 14.7 Å². The molecule has 2 amide bonds. The van der Waals surface area contributed by atoms with E-state index >= 15 is 0 Å². The van der Waals surface area contributed by atoms with Crippen molar-refractivity contribution >= 4 is 29.1 Å². The van der Waals surface area contributed by atoms with E-state index in [1.54, 1.807) is 28.9 Å². The number of benzene rings is 2. The summed E-state index contributed by atoms with van der Waals surface area (Å²) < 4.78 is 15.2. The Kier molecular flexibility index (Phi) is 6.79. The van der Waals surface area contributed by atoms with Gasteiger partial charge in [-0.25, -0.2) is 9.07 Å². The third-order valence-electron chi connectivity index (χ3n) is 5.93. The maximum Gasteiger partial charge on any atom is 0.275 e. The van der Waals surface area contributed by atoms with Crippen molar-refractivity contribution in [2.24, 2.45) is 0 Å². The van der Waals surface area contributed by atoms with Crippen molar-refractivity contribution in [2.45, 2.75) is 39.5 Å². The van der Waals surface area contributed by atoms with E-state index < -0.39 is 0 Å². The number of hydrogen-bond acceptors (Lipinski definition) is 3. The number of anilines is 1. The number of hydrogen-bond donors (Lipinski definition) is 1. The van der Waals surface area contributed by atoms with Gasteiger partial charge in [-0.15, -0.1) is 0 Å². The first-order valence-electron chi connectivity index (χ1n) is 11.1. The Balaban J connectivity index is 1.58. The Morgan fingerprint density at radius 3 is 2.61 bits per heavy atom. The van der Waals surface area contributed by atoms with E-state index in [1.165, 1.54) is 17.0 Å². The molecular weight excluding hydrogens is 443 g/mol. The Morgan fingerprint density at radius 2 is 1.88 bits per heavy atom. The summed E-state index contributed by atoms with van der Waals surface area (Å²) in [5.41, 5.74) is 4.48. The molecule has 1 aliphatic carbocycles. The SMILES string of the molecule is CCN(CC(=O)Nc1cc(Cl)ccc1C)C(=O)c1nn(-c2ccc(F)cc2)c2c1CCCC2. The summed E-state index contributed by atoms with van der Waals surface area (Å²) in [6, 6.07) is 11.4. The predicted molar refractivity (Wildman–Crippen MR) is 127 cm³/mol. The van der Waals surface area contributed by atoms with E-state index in [9.17, 15) is 14.0 Å². The summed E-state index contributed by atoms with van der Waals surface area (Å²) in [6.07, 6.45) is 3.53. The number of aromatic nitrogens is 2. The van der Waals surface area contributed by atoms with Gasteiger partial charge in [-0.1, -0.05) is 17.7 Å². The largest absolute Gasteiger partial charge is 0.328 e. The van der Waals surface area contributed by atoms with Crippen LogP contribution in [0.3, 0.4) is 0 Å². The maximum atomic E-state index is 13.4. The van der Waals surface area contributed by atoms with E-state index in [2.05, 4.69) is 10.4 Å². The number of fused-ring (bicyclic) bond motifs is 1. The molecule has 172 valence electrons. The van der Waals surface area contributed by atoms with Gasteiger partial charge in [-0.05, 0) is 81.5 Å². The average molecular weight is 469 g/mol. The number of rotatable bonds is 6. The van der Waals surface area contributed by atoms with Gasteiger partial charge in [0.25, 0.3) is 5.91 Å². The summed E-state index contributed by atoms with van der Waals surface area (Å²) in [7, 11) is 0. The van der Waals surface area contributed by atoms with Crippen LogP contribution < -0.4 is 5.32 Å². The minimum Gasteiger partial charge on any atom is -0.328 e. The van der Waals surface area contributed by atoms with Crippen molar-refractivity contribution in [1.29, 1.82) is 0 Å². The molecule has 0 aliphatic heterocycles. The number of halogens is 2. The van der Waals surface area contributed by atoms with Gasteiger partial charge in [0, 0.05) is 28.5 Å². The normalized spacial score (nSPS) is 12.8. The van der Waals surface area contributed by atoms with Gasteiger partial charge >= 0.3 is 0 Å². The molecule has 1 heterocycles. The number of nitrogens with zero attached hydrogens (tertiary/aromatic N) is 3. The van der Waals surface area contributed by atoms with Gasteiger partial charge in [-0.3, -0.25) is 9.59 Å². The zero-order valence-electron chi connectivity index (χ0n) is 18.7. The van der Waals surface area contributed by atoms with Crippen LogP contribution in [0.1, 0.15) is 47.1 Å². The van der Waals surface area contributed by atoms with E-state index in [4.69, 9.17) is 11.6 Å². The van der Waals surface area contributed by atoms with Crippen molar-refractivity contribution < 1.29 is 14.0 Å². The van der Waals surface area contributed by atoms with Gasteiger partial charge < -0.3 is 10.2 Å². The average Bonchev–Trinajstić information content (AvgIpc) is 3.20. The van der Waals surface area contributed by atoms with Gasteiger partial charge in [0.2, 0.25) is 5.91 Å². The maximum absolute atomic E-state index is 13.4. The minimum atomic E-state index is -0.325. The third-order valence-corrected chi connectivity index (χ3v) is 6.17. The Labute approximate surface area is 197 Å². The van der Waals surface area contributed by atoms with Gasteiger partial charge in [0.1, 0.15) is 12.4 Å². The molecule has 33 heavy (non-hydrogen) atoms. The summed E-state index contributed by atoms with van der Waals surface area (Å²) in [5, 5.41) is 8.00. The quantitative estimate of drug-likeness (QED) is 0.556. The van der Waals surface area contributed by atoms with Crippen LogP contribution in [0.2, 0.25) is 5.02 Å². The number of carbonyl (C=O) groups excluding carboxylic acids is 2. The molecule has 0 fully saturated rings. The lowest BCUT2D eigenvalue weighted by Gasteiger charge is -2.21. The van der Waals surface area contributed by atoms with E-state index in [0.29, 0.717) is 28.6 Å². The van der Waals surface area contributed by atoms with Crippen LogP contribution in [0, 0.1) is 12.7 Å². The highest BCUT2D eigenvalue weighted by atomic mass is 35.5. The Bertz CT molecular complexity index is 1190. The zero-order valence-corrected chi connectivity index (χ0v) is 19.5. The molecule has 8 heteroatoms. The van der Waals surface area contributed by atoms with Crippen LogP contribution in [0.25, 0.3) is 5.69 Å². The fourth-order valence-corrected chi connectivity index (χ4v) is 4.31. The van der Waals surface area contributed by atoms with Crippen LogP contribution in [0.5, 0.6) is 0 Å². The summed E-state index contributed by atoms with van der Waals surface area (Å²) in [5.74, 6) is -0.911. The molecule has 0 radical (unpaired) electrons. The molecule has 1 aliphatic rings. The molecule has 3 aromatic rings. The molecule has 1 aromatic heterocycles. The third kappa shape index (κ3) is 4.93. The van der Waals surface area contributed by atoms with Crippen LogP contribution >= 0.6 is 11.6 Å². The van der Waals surface area contributed by atoms with Gasteiger partial charge in [0.05, 0.1) is 5.69 Å². The molecule has 0 spiro atoms. The monoisotopic (exact) mass is 468 g/mol. The second-order valence-electron chi connectivity index (χ2n) is 8.20. The van der Waals surface area contributed by atoms with Gasteiger partial charge in [-0.2, -0.15) is 5.10 Å². The van der Waals surface area contributed by atoms with Crippen LogP contribution in [-0.2, 0) is 17.6 Å². The van der Waals surface area contributed by atoms with E-state index in [1.807, 2.05) is 19.9 Å². The molecule has 0 saturated carbocycles. The first-order valence-corrected chi connectivity index (χ1v) is 11.5. The summed E-state index contributed by atoms with van der Waals surface area (Å²) in [4.78, 5) is 27.7. The standard InChI is InChI=1S/C25H26ClFN4O2/c1-3-30(15-23(32)28-21-14-17(26)9-8-16(21)2)25(33)24-20-6-4-5-7-22(20)31(29-24)19-12-10-18(27)11-13-19/h8-14H,3-7,15H2,1-2H3,(H,28,32). The van der Waals surface area contributed by atoms with E-state index in [-0.39, 0.29) is 24.2 Å². The molecule has 1 N–H and O–H groups in total. The molecule has 0 saturated heterocycles. The predicted octanol–water partition coefficient (Wildman–Crippen LogP) is 4.95. The number of likely N-dealkylation sites (N-methyl/N-ethyl adjacent to an activating group) is 1. The second-order valence-corrected chi connectivity index (χ2v) is 8.63. The molecule has 0 atom stereocenters. The van der Waals surface area contributed by atoms with Crippen molar-refractivity contribution in [3.8, 4) is 5.69 Å². The lowest BCUT2D eigenvalue weighted by molar-refractivity contribution is -0.116. The fourth-order valence-electron chi connectivity index (χ4n) is 4.14. The first-order chi connectivity index (χ1) is 15.9. The van der Waals surface area contributed by atoms with E-state index in [0.717, 1.165) is 42.5 Å². The highest BCUT2D eigenvalue weighted by Crippen LogP contribution is 2.28. The number of nitrogens with one attached hydrogen (secondary N) is 1. The lowest BCUT2D eigenvalue weighted by Crippen LogP contribution is -2.38. The van der Waals surface area contributed by atoms with Crippen LogP contribution in [0.4, 0.5) is 10.1 Å². The summed E-state index contributed by atoms with van der Waals surface area (Å²) >= 11 is 6.05. The topological polar surface area (TPSA) is 67.2 Å². The fraction of sp³-hybridized carbons (Fsp3) is 0.320. The molecule has 0 unspecified atom stereocenters. The molecular formula is C25H26ClFN4O2. The highest BCUT2D eigenvalue weighted by molar-refractivity contribution is 6.31. The molecule has 6 nitrogen and oxygen atoms in total. The Hall–Kier alpha value is -3.19. The molecule has 0 bridgehead atoms. The highest BCUT2D eigenvalue weighted by Gasteiger charge is 2.29. The van der Waals surface area contributed by atoms with Crippen LogP contribution in [-0.4, -0.2) is 39.6 Å². The minimum absolute atomic E-state index is 0.0977. The Morgan fingerprint density at radius 1 is 1.15 bits per heavy atom. The number of carbonyl (C=O) groups is 2. The smallest absolute Gasteiger partial charge is 0.275 e. The second kappa shape index (κ2) is 9.75. The van der Waals surface area contributed by atoms with Crippen molar-refractivity contribution in [3.05, 3.63) is 75.8 Å². The zero-order chi connectivity index (χ0) is 23.5. The molecule has 2 aromatic carbocycles. The number of amides is 2. The van der Waals surface area contributed by atoms with Crippen molar-refractivity contribution in [2.75, 3.05) is 18.4 Å². The molecule has 4 rings (SSSR count). The van der Waals surface area contributed by atoms with Gasteiger partial charge in [0.15, 0.2) is 5.69 Å². The first kappa shape index (κ1) is 23.0. The number of aryl methyl sites for hydroxylation is 1. The van der Waals surface area contributed by atoms with Crippen LogP contribution in [0.15, 0.2) is 42.5 Å². The van der Waals surface area contributed by atoms with Crippen molar-refractivity contribution in [3.63, 3.8) is 0 Å².